The smallest absolute Gasteiger partial charge is 0.213 e. The van der Waals surface area contributed by atoms with Gasteiger partial charge in [0.25, 0.3) is 0 Å². The SMILES string of the molecule is CCNC(=NCC1(CC)CCCC1)NCCS(=O)(=O)NCC1CCCCO1.I. The van der Waals surface area contributed by atoms with Crippen LogP contribution in [0.15, 0.2) is 4.99 Å². The van der Waals surface area contributed by atoms with E-state index in [-0.39, 0.29) is 35.8 Å². The fraction of sp³-hybridized carbons (Fsp3) is 0.947. The first-order chi connectivity index (χ1) is 13.0. The number of nitrogens with zero attached hydrogens (tertiary/aromatic N) is 1. The highest BCUT2D eigenvalue weighted by atomic mass is 127. The van der Waals surface area contributed by atoms with E-state index < -0.39 is 10.0 Å². The molecule has 1 aliphatic carbocycles. The minimum absolute atomic E-state index is 0. The van der Waals surface area contributed by atoms with Crippen molar-refractivity contribution in [1.82, 2.24) is 15.4 Å². The number of halogens is 1. The molecule has 0 aromatic heterocycles. The van der Waals surface area contributed by atoms with Crippen LogP contribution in [0.25, 0.3) is 0 Å². The quantitative estimate of drug-likeness (QED) is 0.230. The van der Waals surface area contributed by atoms with Gasteiger partial charge in [-0.15, -0.1) is 24.0 Å². The van der Waals surface area contributed by atoms with Gasteiger partial charge in [-0.1, -0.05) is 19.8 Å². The van der Waals surface area contributed by atoms with Crippen LogP contribution < -0.4 is 15.4 Å². The summed E-state index contributed by atoms with van der Waals surface area (Å²) in [5, 5.41) is 6.39. The Kier molecular flexibility index (Phi) is 12.2. The Labute approximate surface area is 188 Å². The Morgan fingerprint density at radius 1 is 1.14 bits per heavy atom. The lowest BCUT2D eigenvalue weighted by atomic mass is 9.84. The Morgan fingerprint density at radius 3 is 2.50 bits per heavy atom. The molecule has 3 N–H and O–H groups in total. The molecule has 0 aromatic rings. The van der Waals surface area contributed by atoms with Gasteiger partial charge < -0.3 is 15.4 Å². The molecular formula is C19H39IN4O3S. The highest BCUT2D eigenvalue weighted by Crippen LogP contribution is 2.41. The fourth-order valence-corrected chi connectivity index (χ4v) is 4.86. The lowest BCUT2D eigenvalue weighted by molar-refractivity contribution is 0.0200. The molecule has 1 atom stereocenters. The molecule has 2 fully saturated rings. The van der Waals surface area contributed by atoms with Gasteiger partial charge in [0.05, 0.1) is 11.9 Å². The molecule has 0 amide bonds. The first kappa shape index (κ1) is 25.9. The second kappa shape index (κ2) is 13.2. The van der Waals surface area contributed by atoms with Crippen LogP contribution in [0.1, 0.15) is 65.2 Å². The molecule has 7 nitrogen and oxygen atoms in total. The number of hydrogen-bond donors (Lipinski definition) is 3. The number of nitrogens with one attached hydrogen (secondary N) is 3. The summed E-state index contributed by atoms with van der Waals surface area (Å²) in [5.74, 6) is 0.742. The van der Waals surface area contributed by atoms with Crippen LogP contribution in [0.4, 0.5) is 0 Å². The topological polar surface area (TPSA) is 91.8 Å². The van der Waals surface area contributed by atoms with Crippen molar-refractivity contribution in [1.29, 1.82) is 0 Å². The van der Waals surface area contributed by atoms with E-state index in [9.17, 15) is 8.42 Å². The predicted octanol–water partition coefficient (Wildman–Crippen LogP) is 2.62. The number of ether oxygens (including phenoxy) is 1. The van der Waals surface area contributed by atoms with Crippen LogP contribution in [-0.4, -0.2) is 59.0 Å². The average molecular weight is 531 g/mol. The zero-order valence-corrected chi connectivity index (χ0v) is 20.6. The summed E-state index contributed by atoms with van der Waals surface area (Å²) in [6, 6.07) is 0. The Hall–Kier alpha value is -0.130. The van der Waals surface area contributed by atoms with Crippen LogP contribution in [0.5, 0.6) is 0 Å². The number of rotatable bonds is 10. The molecule has 0 aromatic carbocycles. The van der Waals surface area contributed by atoms with Crippen molar-refractivity contribution in [3.63, 3.8) is 0 Å². The van der Waals surface area contributed by atoms with Gasteiger partial charge in [-0.3, -0.25) is 4.99 Å². The van der Waals surface area contributed by atoms with Crippen molar-refractivity contribution in [3.8, 4) is 0 Å². The van der Waals surface area contributed by atoms with Gasteiger partial charge in [0.1, 0.15) is 0 Å². The van der Waals surface area contributed by atoms with Crippen molar-refractivity contribution in [2.45, 2.75) is 71.3 Å². The van der Waals surface area contributed by atoms with E-state index in [1.165, 1.54) is 25.7 Å². The van der Waals surface area contributed by atoms with Crippen LogP contribution >= 0.6 is 24.0 Å². The van der Waals surface area contributed by atoms with Crippen LogP contribution in [0.3, 0.4) is 0 Å². The molecule has 1 saturated carbocycles. The second-order valence-corrected chi connectivity index (χ2v) is 9.76. The zero-order valence-electron chi connectivity index (χ0n) is 17.5. The third kappa shape index (κ3) is 9.13. The van der Waals surface area contributed by atoms with E-state index in [0.29, 0.717) is 24.5 Å². The summed E-state index contributed by atoms with van der Waals surface area (Å²) < 4.78 is 32.7. The second-order valence-electron chi connectivity index (χ2n) is 7.84. The minimum Gasteiger partial charge on any atom is -0.377 e. The number of sulfonamides is 1. The predicted molar refractivity (Wildman–Crippen MR) is 126 cm³/mol. The fourth-order valence-electron chi connectivity index (χ4n) is 3.90. The molecule has 1 heterocycles. The summed E-state index contributed by atoms with van der Waals surface area (Å²) >= 11 is 0. The Balaban J connectivity index is 0.00000392. The normalized spacial score (nSPS) is 22.5. The van der Waals surface area contributed by atoms with Gasteiger partial charge in [-0.2, -0.15) is 0 Å². The molecular weight excluding hydrogens is 491 g/mol. The number of guanidine groups is 1. The van der Waals surface area contributed by atoms with Gasteiger partial charge >= 0.3 is 0 Å². The van der Waals surface area contributed by atoms with Crippen molar-refractivity contribution in [2.24, 2.45) is 10.4 Å². The third-order valence-corrected chi connectivity index (χ3v) is 7.15. The van der Waals surface area contributed by atoms with Gasteiger partial charge in [0.2, 0.25) is 10.0 Å². The maximum Gasteiger partial charge on any atom is 0.213 e. The Morgan fingerprint density at radius 2 is 1.89 bits per heavy atom. The minimum atomic E-state index is -3.31. The molecule has 166 valence electrons. The van der Waals surface area contributed by atoms with Gasteiger partial charge in [-0.05, 0) is 50.9 Å². The largest absolute Gasteiger partial charge is 0.377 e. The molecule has 1 saturated heterocycles. The molecule has 0 radical (unpaired) electrons. The first-order valence-corrected chi connectivity index (χ1v) is 12.2. The summed E-state index contributed by atoms with van der Waals surface area (Å²) in [7, 11) is -3.31. The van der Waals surface area contributed by atoms with Crippen LogP contribution in [0.2, 0.25) is 0 Å². The van der Waals surface area contributed by atoms with Gasteiger partial charge in [0, 0.05) is 32.8 Å². The summed E-state index contributed by atoms with van der Waals surface area (Å²) in [5.41, 5.74) is 0.329. The first-order valence-electron chi connectivity index (χ1n) is 10.6. The van der Waals surface area contributed by atoms with Crippen LogP contribution in [-0.2, 0) is 14.8 Å². The van der Waals surface area contributed by atoms with Crippen molar-refractivity contribution < 1.29 is 13.2 Å². The number of hydrogen-bond acceptors (Lipinski definition) is 4. The highest BCUT2D eigenvalue weighted by molar-refractivity contribution is 14.0. The molecule has 1 aliphatic heterocycles. The maximum absolute atomic E-state index is 12.2. The standard InChI is InChI=1S/C19H38N4O3S.HI/c1-3-19(10-6-7-11-19)16-22-18(20-4-2)21-12-14-27(24,25)23-15-17-9-5-8-13-26-17;/h17,23H,3-16H2,1-2H3,(H2,20,21,22);1H. The molecule has 1 unspecified atom stereocenters. The molecule has 0 bridgehead atoms. The summed E-state index contributed by atoms with van der Waals surface area (Å²) in [6.45, 7) is 7.27. The molecule has 28 heavy (non-hydrogen) atoms. The average Bonchev–Trinajstić information content (AvgIpc) is 3.15. The lowest BCUT2D eigenvalue weighted by Gasteiger charge is -2.25. The Bertz CT molecular complexity index is 560. The molecule has 0 spiro atoms. The zero-order chi connectivity index (χ0) is 19.6. The van der Waals surface area contributed by atoms with E-state index in [1.54, 1.807) is 0 Å². The van der Waals surface area contributed by atoms with Crippen molar-refractivity contribution in [3.05, 3.63) is 0 Å². The molecule has 2 rings (SSSR count). The molecule has 9 heteroatoms. The van der Waals surface area contributed by atoms with Gasteiger partial charge in [0.15, 0.2) is 5.96 Å². The van der Waals surface area contributed by atoms with Crippen molar-refractivity contribution in [2.75, 3.05) is 38.5 Å². The van der Waals surface area contributed by atoms with Crippen LogP contribution in [0, 0.1) is 5.41 Å². The third-order valence-electron chi connectivity index (χ3n) is 5.80. The summed E-state index contributed by atoms with van der Waals surface area (Å²) in [4.78, 5) is 4.74. The lowest BCUT2D eigenvalue weighted by Crippen LogP contribution is -2.43. The summed E-state index contributed by atoms with van der Waals surface area (Å²) in [6.07, 6.45) is 9.34. The molecule has 2 aliphatic rings. The van der Waals surface area contributed by atoms with Crippen molar-refractivity contribution >= 4 is 40.0 Å². The number of aliphatic imine (C=N–C) groups is 1. The van der Waals surface area contributed by atoms with E-state index >= 15 is 0 Å². The van der Waals surface area contributed by atoms with Gasteiger partial charge in [-0.25, -0.2) is 13.1 Å². The van der Waals surface area contributed by atoms with E-state index in [4.69, 9.17) is 9.73 Å². The monoisotopic (exact) mass is 530 g/mol. The van der Waals surface area contributed by atoms with E-state index in [0.717, 1.165) is 45.4 Å². The van der Waals surface area contributed by atoms with E-state index in [2.05, 4.69) is 22.3 Å². The maximum atomic E-state index is 12.2. The van der Waals surface area contributed by atoms with E-state index in [1.807, 2.05) is 6.92 Å². The highest BCUT2D eigenvalue weighted by Gasteiger charge is 2.31.